The van der Waals surface area contributed by atoms with E-state index in [-0.39, 0.29) is 11.9 Å². The Morgan fingerprint density at radius 1 is 1.29 bits per heavy atom. The largest absolute Gasteiger partial charge is 0.481 e. The minimum Gasteiger partial charge on any atom is -0.481 e. The summed E-state index contributed by atoms with van der Waals surface area (Å²) in [5.74, 6) is -1.37. The van der Waals surface area contributed by atoms with Crippen LogP contribution in [0.15, 0.2) is 12.2 Å². The van der Waals surface area contributed by atoms with Crippen LogP contribution in [-0.4, -0.2) is 48.2 Å². The van der Waals surface area contributed by atoms with E-state index >= 15 is 0 Å². The first-order valence-corrected chi connectivity index (χ1v) is 7.73. The Morgan fingerprint density at radius 2 is 1.90 bits per heavy atom. The summed E-state index contributed by atoms with van der Waals surface area (Å²) in [7, 11) is 1.62. The second kappa shape index (κ2) is 7.07. The van der Waals surface area contributed by atoms with Crippen LogP contribution in [0.4, 0.5) is 0 Å². The van der Waals surface area contributed by atoms with E-state index in [1.807, 2.05) is 17.1 Å². The third-order valence-electron chi connectivity index (χ3n) is 4.68. The number of carboxylic acids is 1. The lowest BCUT2D eigenvalue weighted by molar-refractivity contribution is -0.152. The molecule has 1 fully saturated rings. The third kappa shape index (κ3) is 3.84. The van der Waals surface area contributed by atoms with Crippen LogP contribution in [-0.2, 0) is 14.3 Å². The lowest BCUT2D eigenvalue weighted by atomic mass is 9.81. The van der Waals surface area contributed by atoms with Crippen molar-refractivity contribution in [3.8, 4) is 0 Å². The number of allylic oxidation sites excluding steroid dienone is 2. The molecule has 0 saturated heterocycles. The van der Waals surface area contributed by atoms with E-state index in [2.05, 4.69) is 6.92 Å². The molecule has 0 aliphatic heterocycles. The minimum atomic E-state index is -0.872. The van der Waals surface area contributed by atoms with Gasteiger partial charge in [0.05, 0.1) is 18.4 Å². The normalized spacial score (nSPS) is 26.4. The van der Waals surface area contributed by atoms with Gasteiger partial charge in [-0.15, -0.1) is 0 Å². The predicted octanol–water partition coefficient (Wildman–Crippen LogP) is 1.93. The average Bonchev–Trinajstić information content (AvgIpc) is 3.31. The molecule has 21 heavy (non-hydrogen) atoms. The second-order valence-electron chi connectivity index (χ2n) is 6.10. The Hall–Kier alpha value is -1.36. The van der Waals surface area contributed by atoms with Gasteiger partial charge in [-0.1, -0.05) is 12.2 Å². The van der Waals surface area contributed by atoms with Gasteiger partial charge in [-0.05, 0) is 38.5 Å². The van der Waals surface area contributed by atoms with Crippen LogP contribution >= 0.6 is 0 Å². The summed E-state index contributed by atoms with van der Waals surface area (Å²) in [6.07, 6.45) is 7.08. The molecular weight excluding hydrogens is 270 g/mol. The standard InChI is InChI=1S/C16H25NO4/c1-11(12-7-8-12)17(9-10-21-2)15(18)13-5-3-4-6-14(13)16(19)20/h3-4,11-14H,5-10H2,1-2H3,(H,19,20). The molecule has 0 heterocycles. The van der Waals surface area contributed by atoms with Gasteiger partial charge in [0.1, 0.15) is 0 Å². The summed E-state index contributed by atoms with van der Waals surface area (Å²) >= 11 is 0. The number of amides is 1. The van der Waals surface area contributed by atoms with E-state index in [0.717, 1.165) is 12.8 Å². The van der Waals surface area contributed by atoms with Crippen molar-refractivity contribution >= 4 is 11.9 Å². The highest BCUT2D eigenvalue weighted by Gasteiger charge is 2.40. The summed E-state index contributed by atoms with van der Waals surface area (Å²) in [4.78, 5) is 26.1. The van der Waals surface area contributed by atoms with Crippen molar-refractivity contribution in [1.82, 2.24) is 4.90 Å². The van der Waals surface area contributed by atoms with Crippen molar-refractivity contribution in [2.45, 2.75) is 38.6 Å². The summed E-state index contributed by atoms with van der Waals surface area (Å²) in [6.45, 7) is 3.10. The number of carbonyl (C=O) groups excluding carboxylic acids is 1. The number of hydrogen-bond acceptors (Lipinski definition) is 3. The Bertz CT molecular complexity index is 417. The lowest BCUT2D eigenvalue weighted by Gasteiger charge is -2.35. The van der Waals surface area contributed by atoms with Crippen molar-refractivity contribution < 1.29 is 19.4 Å². The molecular formula is C16H25NO4. The van der Waals surface area contributed by atoms with Crippen LogP contribution in [0.2, 0.25) is 0 Å². The van der Waals surface area contributed by atoms with Gasteiger partial charge in [0.2, 0.25) is 5.91 Å². The van der Waals surface area contributed by atoms with Gasteiger partial charge in [-0.25, -0.2) is 0 Å². The Balaban J connectivity index is 2.11. The van der Waals surface area contributed by atoms with Crippen LogP contribution in [0.5, 0.6) is 0 Å². The van der Waals surface area contributed by atoms with E-state index in [4.69, 9.17) is 4.74 Å². The Kier molecular flexibility index (Phi) is 5.39. The number of carbonyl (C=O) groups is 2. The third-order valence-corrected chi connectivity index (χ3v) is 4.68. The van der Waals surface area contributed by atoms with Crippen LogP contribution in [0.1, 0.15) is 32.6 Å². The number of hydrogen-bond donors (Lipinski definition) is 1. The molecule has 0 aromatic heterocycles. The first kappa shape index (κ1) is 16.0. The van der Waals surface area contributed by atoms with Gasteiger partial charge in [0, 0.05) is 19.7 Å². The van der Waals surface area contributed by atoms with E-state index in [1.54, 1.807) is 7.11 Å². The first-order chi connectivity index (χ1) is 10.1. The maximum absolute atomic E-state index is 12.9. The van der Waals surface area contributed by atoms with Crippen LogP contribution in [0.25, 0.3) is 0 Å². The van der Waals surface area contributed by atoms with E-state index < -0.39 is 17.8 Å². The predicted molar refractivity (Wildman–Crippen MR) is 78.8 cm³/mol. The fourth-order valence-corrected chi connectivity index (χ4v) is 3.11. The molecule has 2 rings (SSSR count). The molecule has 1 saturated carbocycles. The number of rotatable bonds is 7. The quantitative estimate of drug-likeness (QED) is 0.729. The molecule has 1 amide bonds. The Morgan fingerprint density at radius 3 is 2.43 bits per heavy atom. The maximum atomic E-state index is 12.9. The van der Waals surface area contributed by atoms with Gasteiger partial charge in [-0.2, -0.15) is 0 Å². The lowest BCUT2D eigenvalue weighted by Crippen LogP contribution is -2.48. The molecule has 3 unspecified atom stereocenters. The SMILES string of the molecule is COCCN(C(=O)C1CC=CCC1C(=O)O)C(C)C1CC1. The van der Waals surface area contributed by atoms with Crippen LogP contribution < -0.4 is 0 Å². The molecule has 3 atom stereocenters. The molecule has 0 aromatic rings. The fraction of sp³-hybridized carbons (Fsp3) is 0.750. The highest BCUT2D eigenvalue weighted by molar-refractivity contribution is 5.85. The average molecular weight is 295 g/mol. The summed E-state index contributed by atoms with van der Waals surface area (Å²) < 4.78 is 5.11. The van der Waals surface area contributed by atoms with E-state index in [1.165, 1.54) is 0 Å². The zero-order valence-electron chi connectivity index (χ0n) is 12.8. The highest BCUT2D eigenvalue weighted by Crippen LogP contribution is 2.37. The minimum absolute atomic E-state index is 0.0248. The number of nitrogens with zero attached hydrogens (tertiary/aromatic N) is 1. The first-order valence-electron chi connectivity index (χ1n) is 7.73. The molecule has 0 aromatic carbocycles. The molecule has 1 N–H and O–H groups in total. The van der Waals surface area contributed by atoms with Gasteiger partial charge in [-0.3, -0.25) is 9.59 Å². The van der Waals surface area contributed by atoms with Crippen LogP contribution in [0.3, 0.4) is 0 Å². The monoisotopic (exact) mass is 295 g/mol. The van der Waals surface area contributed by atoms with Crippen molar-refractivity contribution in [2.24, 2.45) is 17.8 Å². The molecule has 0 bridgehead atoms. The molecule has 0 spiro atoms. The molecule has 2 aliphatic rings. The Labute approximate surface area is 126 Å². The zero-order chi connectivity index (χ0) is 15.4. The molecule has 0 radical (unpaired) electrons. The summed E-state index contributed by atoms with van der Waals surface area (Å²) in [5.41, 5.74) is 0. The van der Waals surface area contributed by atoms with Gasteiger partial charge < -0.3 is 14.7 Å². The van der Waals surface area contributed by atoms with Crippen molar-refractivity contribution in [1.29, 1.82) is 0 Å². The smallest absolute Gasteiger partial charge is 0.307 e. The van der Waals surface area contributed by atoms with E-state index in [9.17, 15) is 14.7 Å². The van der Waals surface area contributed by atoms with Gasteiger partial charge in [0.25, 0.3) is 0 Å². The number of aliphatic carboxylic acids is 1. The van der Waals surface area contributed by atoms with Crippen molar-refractivity contribution in [2.75, 3.05) is 20.3 Å². The molecule has 5 nitrogen and oxygen atoms in total. The molecule has 5 heteroatoms. The molecule has 2 aliphatic carbocycles. The van der Waals surface area contributed by atoms with Gasteiger partial charge in [0.15, 0.2) is 0 Å². The number of carboxylic acid groups (broad SMARTS) is 1. The van der Waals surface area contributed by atoms with Crippen LogP contribution in [0, 0.1) is 17.8 Å². The maximum Gasteiger partial charge on any atom is 0.307 e. The van der Waals surface area contributed by atoms with E-state index in [0.29, 0.717) is 31.9 Å². The summed E-state index contributed by atoms with van der Waals surface area (Å²) in [6, 6.07) is 0.174. The number of methoxy groups -OCH3 is 1. The second-order valence-corrected chi connectivity index (χ2v) is 6.10. The summed E-state index contributed by atoms with van der Waals surface area (Å²) in [5, 5.41) is 9.35. The zero-order valence-corrected chi connectivity index (χ0v) is 12.8. The number of ether oxygens (including phenoxy) is 1. The van der Waals surface area contributed by atoms with Crippen molar-refractivity contribution in [3.05, 3.63) is 12.2 Å². The fourth-order valence-electron chi connectivity index (χ4n) is 3.11. The topological polar surface area (TPSA) is 66.8 Å². The highest BCUT2D eigenvalue weighted by atomic mass is 16.5. The van der Waals surface area contributed by atoms with Crippen molar-refractivity contribution in [3.63, 3.8) is 0 Å². The molecule has 118 valence electrons. The van der Waals surface area contributed by atoms with Gasteiger partial charge >= 0.3 is 5.97 Å².